The van der Waals surface area contributed by atoms with Crippen LogP contribution >= 0.6 is 0 Å². The van der Waals surface area contributed by atoms with Gasteiger partial charge in [-0.25, -0.2) is 0 Å². The lowest BCUT2D eigenvalue weighted by Gasteiger charge is -2.32. The van der Waals surface area contributed by atoms with Gasteiger partial charge in [0.15, 0.2) is 0 Å². The Morgan fingerprint density at radius 1 is 1.44 bits per heavy atom. The highest BCUT2D eigenvalue weighted by Crippen LogP contribution is 2.47. The second kappa shape index (κ2) is 6.67. The molecular weight excluding hydrogens is 316 g/mol. The first-order chi connectivity index (χ1) is 12.1. The molecule has 0 bridgehead atoms. The van der Waals surface area contributed by atoms with Crippen LogP contribution < -0.4 is 10.6 Å². The molecule has 1 aliphatic heterocycles. The molecule has 3 heterocycles. The van der Waals surface area contributed by atoms with Crippen molar-refractivity contribution >= 4 is 5.91 Å². The molecule has 0 unspecified atom stereocenters. The molecule has 1 saturated carbocycles. The summed E-state index contributed by atoms with van der Waals surface area (Å²) in [5.74, 6) is 3.54. The van der Waals surface area contributed by atoms with E-state index >= 15 is 0 Å². The molecule has 1 amide bonds. The average Bonchev–Trinajstić information content (AvgIpc) is 3.05. The van der Waals surface area contributed by atoms with Gasteiger partial charge in [-0.2, -0.15) is 5.10 Å². The molecular formula is C19H26N4O2. The maximum atomic E-state index is 11.9. The van der Waals surface area contributed by atoms with Crippen molar-refractivity contribution in [2.45, 2.75) is 64.2 Å². The molecule has 4 rings (SSSR count). The fourth-order valence-corrected chi connectivity index (χ4v) is 3.69. The molecule has 2 aliphatic rings. The van der Waals surface area contributed by atoms with Crippen LogP contribution in [-0.4, -0.2) is 21.7 Å². The Morgan fingerprint density at radius 3 is 3.00 bits per heavy atom. The summed E-state index contributed by atoms with van der Waals surface area (Å²) in [4.78, 5) is 11.9. The number of rotatable bonds is 6. The summed E-state index contributed by atoms with van der Waals surface area (Å²) in [7, 11) is 0. The van der Waals surface area contributed by atoms with E-state index in [0.29, 0.717) is 18.9 Å². The number of hydrogen-bond acceptors (Lipinski definition) is 4. The summed E-state index contributed by atoms with van der Waals surface area (Å²) < 4.78 is 7.88. The number of carbonyl (C=O) groups excluding carboxylic acids is 1. The lowest BCUT2D eigenvalue weighted by atomic mass is 9.93. The Labute approximate surface area is 148 Å². The summed E-state index contributed by atoms with van der Waals surface area (Å²) >= 11 is 0. The zero-order valence-corrected chi connectivity index (χ0v) is 14.9. The van der Waals surface area contributed by atoms with E-state index in [9.17, 15) is 4.79 Å². The first-order valence-electron chi connectivity index (χ1n) is 9.27. The van der Waals surface area contributed by atoms with Crippen LogP contribution in [0.25, 0.3) is 0 Å². The van der Waals surface area contributed by atoms with Gasteiger partial charge >= 0.3 is 0 Å². The van der Waals surface area contributed by atoms with Gasteiger partial charge in [-0.05, 0) is 37.8 Å². The van der Waals surface area contributed by atoms with E-state index < -0.39 is 0 Å². The number of aromatic nitrogens is 2. The molecule has 1 saturated heterocycles. The molecule has 0 aromatic carbocycles. The Hall–Kier alpha value is -2.08. The number of aryl methyl sites for hydroxylation is 1. The highest BCUT2D eigenvalue weighted by molar-refractivity contribution is 5.77. The van der Waals surface area contributed by atoms with Gasteiger partial charge in [-0.15, -0.1) is 0 Å². The number of piperidine rings is 1. The first kappa shape index (κ1) is 16.4. The lowest BCUT2D eigenvalue weighted by Crippen LogP contribution is -2.48. The largest absolute Gasteiger partial charge is 0.464 e. The second-order valence-electron chi connectivity index (χ2n) is 7.32. The zero-order valence-electron chi connectivity index (χ0n) is 14.9. The molecule has 2 fully saturated rings. The van der Waals surface area contributed by atoms with Gasteiger partial charge in [0.05, 0.1) is 18.8 Å². The van der Waals surface area contributed by atoms with E-state index in [1.54, 1.807) is 0 Å². The van der Waals surface area contributed by atoms with E-state index in [2.05, 4.69) is 41.7 Å². The predicted octanol–water partition coefficient (Wildman–Crippen LogP) is 2.73. The van der Waals surface area contributed by atoms with Crippen molar-refractivity contribution < 1.29 is 9.21 Å². The van der Waals surface area contributed by atoms with Gasteiger partial charge in [0.2, 0.25) is 5.91 Å². The standard InChI is InChI=1S/C19H26N4O2/c1-3-23-11-13(9-21-23)19-16(5-7-18(24)22-19)20-10-14-4-6-17(25-14)15-8-12(15)2/h4,6,9,11-12,15-16,19-20H,3,5,7-8,10H2,1-2H3,(H,22,24)/t12-,15+,16+,19-/m0/s1. The lowest BCUT2D eigenvalue weighted by molar-refractivity contribution is -0.123. The minimum absolute atomic E-state index is 0.0422. The summed E-state index contributed by atoms with van der Waals surface area (Å²) in [6.45, 7) is 5.83. The third-order valence-corrected chi connectivity index (χ3v) is 5.43. The van der Waals surface area contributed by atoms with E-state index in [0.717, 1.165) is 36.0 Å². The van der Waals surface area contributed by atoms with Gasteiger partial charge in [0.25, 0.3) is 0 Å². The molecule has 2 aromatic rings. The van der Waals surface area contributed by atoms with Crippen LogP contribution in [0.4, 0.5) is 0 Å². The van der Waals surface area contributed by atoms with E-state index in [1.165, 1.54) is 6.42 Å². The Bertz CT molecular complexity index is 750. The van der Waals surface area contributed by atoms with Crippen LogP contribution in [0.3, 0.4) is 0 Å². The van der Waals surface area contributed by atoms with E-state index in [-0.39, 0.29) is 18.0 Å². The number of nitrogens with one attached hydrogen (secondary N) is 2. The zero-order chi connectivity index (χ0) is 17.4. The molecule has 6 heteroatoms. The Balaban J connectivity index is 1.42. The monoisotopic (exact) mass is 342 g/mol. The Kier molecular flexibility index (Phi) is 4.37. The molecule has 1 aliphatic carbocycles. The highest BCUT2D eigenvalue weighted by atomic mass is 16.3. The van der Waals surface area contributed by atoms with Gasteiger partial charge in [-0.1, -0.05) is 6.92 Å². The minimum Gasteiger partial charge on any atom is -0.464 e. The summed E-state index contributed by atoms with van der Waals surface area (Å²) in [5, 5.41) is 11.0. The van der Waals surface area contributed by atoms with Crippen molar-refractivity contribution in [2.24, 2.45) is 5.92 Å². The number of hydrogen-bond donors (Lipinski definition) is 2. The van der Waals surface area contributed by atoms with Crippen molar-refractivity contribution in [1.29, 1.82) is 0 Å². The third-order valence-electron chi connectivity index (χ3n) is 5.43. The van der Waals surface area contributed by atoms with Crippen LogP contribution in [-0.2, 0) is 17.9 Å². The van der Waals surface area contributed by atoms with Gasteiger partial charge in [-0.3, -0.25) is 9.48 Å². The van der Waals surface area contributed by atoms with Gasteiger partial charge in [0.1, 0.15) is 11.5 Å². The summed E-state index contributed by atoms with van der Waals surface area (Å²) in [5.41, 5.74) is 1.05. The number of furan rings is 1. The maximum Gasteiger partial charge on any atom is 0.220 e. The third kappa shape index (κ3) is 3.49. The smallest absolute Gasteiger partial charge is 0.220 e. The molecule has 2 aromatic heterocycles. The van der Waals surface area contributed by atoms with Crippen molar-refractivity contribution in [2.75, 3.05) is 0 Å². The highest BCUT2D eigenvalue weighted by Gasteiger charge is 2.36. The van der Waals surface area contributed by atoms with Crippen molar-refractivity contribution in [1.82, 2.24) is 20.4 Å². The average molecular weight is 342 g/mol. The van der Waals surface area contributed by atoms with Crippen LogP contribution in [0.5, 0.6) is 0 Å². The predicted molar refractivity (Wildman–Crippen MR) is 93.9 cm³/mol. The van der Waals surface area contributed by atoms with Gasteiger partial charge < -0.3 is 15.1 Å². The number of nitrogens with zero attached hydrogens (tertiary/aromatic N) is 2. The summed E-state index contributed by atoms with van der Waals surface area (Å²) in [6.07, 6.45) is 6.48. The topological polar surface area (TPSA) is 72.1 Å². The normalized spacial score (nSPS) is 28.8. The molecule has 0 spiro atoms. The minimum atomic E-state index is -0.0422. The SMILES string of the molecule is CCn1cc([C@@H]2NC(=O)CC[C@H]2NCc2ccc([C@@H]3C[C@@H]3C)o2)cn1. The van der Waals surface area contributed by atoms with Crippen molar-refractivity contribution in [3.05, 3.63) is 41.6 Å². The van der Waals surface area contributed by atoms with Crippen molar-refractivity contribution in [3.8, 4) is 0 Å². The fraction of sp³-hybridized carbons (Fsp3) is 0.579. The second-order valence-corrected chi connectivity index (χ2v) is 7.32. The number of carbonyl (C=O) groups is 1. The van der Waals surface area contributed by atoms with E-state index in [4.69, 9.17) is 4.42 Å². The number of amides is 1. The molecule has 2 N–H and O–H groups in total. The molecule has 0 radical (unpaired) electrons. The van der Waals surface area contributed by atoms with Gasteiger partial charge in [0, 0.05) is 36.7 Å². The van der Waals surface area contributed by atoms with Crippen LogP contribution in [0, 0.1) is 5.92 Å². The molecule has 4 atom stereocenters. The fourth-order valence-electron chi connectivity index (χ4n) is 3.69. The maximum absolute atomic E-state index is 11.9. The first-order valence-corrected chi connectivity index (χ1v) is 9.27. The van der Waals surface area contributed by atoms with Crippen LogP contribution in [0.1, 0.15) is 62.2 Å². The van der Waals surface area contributed by atoms with Crippen LogP contribution in [0.15, 0.2) is 28.9 Å². The Morgan fingerprint density at radius 2 is 2.28 bits per heavy atom. The summed E-state index contributed by atoms with van der Waals surface area (Å²) in [6, 6.07) is 4.32. The van der Waals surface area contributed by atoms with E-state index in [1.807, 2.05) is 17.1 Å². The molecule has 6 nitrogen and oxygen atoms in total. The molecule has 25 heavy (non-hydrogen) atoms. The molecule has 134 valence electrons. The van der Waals surface area contributed by atoms with Crippen molar-refractivity contribution in [3.63, 3.8) is 0 Å². The van der Waals surface area contributed by atoms with Crippen LogP contribution in [0.2, 0.25) is 0 Å². The quantitative estimate of drug-likeness (QED) is 0.847.